The monoisotopic (exact) mass is 448 g/mol. The molecule has 2 aromatic rings. The summed E-state index contributed by atoms with van der Waals surface area (Å²) in [5.41, 5.74) is 0.516. The number of benzene rings is 1. The first-order valence-electron chi connectivity index (χ1n) is 10.2. The molecule has 168 valence electrons. The highest BCUT2D eigenvalue weighted by atomic mass is 32.2. The maximum absolute atomic E-state index is 13.0. The van der Waals surface area contributed by atoms with Crippen molar-refractivity contribution in [1.82, 2.24) is 18.7 Å². The van der Waals surface area contributed by atoms with E-state index >= 15 is 0 Å². The average Bonchev–Trinajstić information content (AvgIpc) is 3.16. The van der Waals surface area contributed by atoms with Crippen molar-refractivity contribution < 1.29 is 23.1 Å². The summed E-state index contributed by atoms with van der Waals surface area (Å²) in [6.07, 6.45) is 1.46. The van der Waals surface area contributed by atoms with Crippen LogP contribution in [0.25, 0.3) is 0 Å². The Kier molecular flexibility index (Phi) is 6.71. The average molecular weight is 449 g/mol. The van der Waals surface area contributed by atoms with Crippen LogP contribution >= 0.6 is 0 Å². The second-order valence-electron chi connectivity index (χ2n) is 7.36. The first-order chi connectivity index (χ1) is 14.7. The molecule has 0 saturated carbocycles. The SMILES string of the molecule is CCN(CC)S(=O)(=O)c1cc(C(=O)N2CCN(C(=O)c3ccccc3O)CC2)n(C)c1. The van der Waals surface area contributed by atoms with Gasteiger partial charge in [-0.15, -0.1) is 0 Å². The lowest BCUT2D eigenvalue weighted by Gasteiger charge is -2.34. The van der Waals surface area contributed by atoms with E-state index in [9.17, 15) is 23.1 Å². The number of hydrogen-bond donors (Lipinski definition) is 1. The minimum absolute atomic E-state index is 0.0724. The number of carbonyl (C=O) groups is 2. The van der Waals surface area contributed by atoms with Crippen molar-refractivity contribution in [2.24, 2.45) is 7.05 Å². The molecule has 0 spiro atoms. The van der Waals surface area contributed by atoms with Crippen LogP contribution in [-0.4, -0.2) is 83.3 Å². The molecule has 0 atom stereocenters. The molecular formula is C21H28N4O5S. The molecule has 1 saturated heterocycles. The molecule has 31 heavy (non-hydrogen) atoms. The summed E-state index contributed by atoms with van der Waals surface area (Å²) in [5.74, 6) is -0.633. The molecule has 9 nitrogen and oxygen atoms in total. The number of aromatic hydroxyl groups is 1. The quantitative estimate of drug-likeness (QED) is 0.719. The number of rotatable bonds is 6. The van der Waals surface area contributed by atoms with Crippen molar-refractivity contribution >= 4 is 21.8 Å². The highest BCUT2D eigenvalue weighted by Crippen LogP contribution is 2.21. The molecule has 1 N–H and O–H groups in total. The van der Waals surface area contributed by atoms with Crippen LogP contribution in [0.4, 0.5) is 0 Å². The van der Waals surface area contributed by atoms with Crippen LogP contribution in [0.5, 0.6) is 5.75 Å². The number of aromatic nitrogens is 1. The lowest BCUT2D eigenvalue weighted by Crippen LogP contribution is -2.50. The van der Waals surface area contributed by atoms with Crippen molar-refractivity contribution in [3.8, 4) is 5.75 Å². The molecule has 1 aromatic carbocycles. The summed E-state index contributed by atoms with van der Waals surface area (Å²) in [7, 11) is -2.01. The molecule has 1 fully saturated rings. The number of phenols is 1. The van der Waals surface area contributed by atoms with Crippen LogP contribution < -0.4 is 0 Å². The number of sulfonamides is 1. The number of para-hydroxylation sites is 1. The molecule has 1 aliphatic rings. The first kappa shape index (κ1) is 22.8. The minimum Gasteiger partial charge on any atom is -0.507 e. The first-order valence-corrected chi connectivity index (χ1v) is 11.7. The van der Waals surface area contributed by atoms with Crippen LogP contribution in [0.15, 0.2) is 41.4 Å². The van der Waals surface area contributed by atoms with E-state index in [0.717, 1.165) is 0 Å². The van der Waals surface area contributed by atoms with Gasteiger partial charge in [0.1, 0.15) is 16.3 Å². The standard InChI is InChI=1S/C21H28N4O5S/c1-4-25(5-2)31(29,30)16-14-18(22(3)15-16)21(28)24-12-10-23(11-13-24)20(27)17-8-6-7-9-19(17)26/h6-9,14-15,26H,4-5,10-13H2,1-3H3. The molecule has 2 amide bonds. The second kappa shape index (κ2) is 9.11. The number of phenolic OH excluding ortho intramolecular Hbond substituents is 1. The number of aryl methyl sites for hydroxylation is 1. The highest BCUT2D eigenvalue weighted by Gasteiger charge is 2.30. The van der Waals surface area contributed by atoms with Gasteiger partial charge < -0.3 is 19.5 Å². The summed E-state index contributed by atoms with van der Waals surface area (Å²) >= 11 is 0. The summed E-state index contributed by atoms with van der Waals surface area (Å²) in [4.78, 5) is 29.0. The van der Waals surface area contributed by atoms with E-state index < -0.39 is 10.0 Å². The van der Waals surface area contributed by atoms with Gasteiger partial charge in [-0.3, -0.25) is 9.59 Å². The summed E-state index contributed by atoms with van der Waals surface area (Å²) in [5, 5.41) is 9.91. The van der Waals surface area contributed by atoms with Crippen LogP contribution in [0, 0.1) is 0 Å². The van der Waals surface area contributed by atoms with Crippen molar-refractivity contribution in [3.63, 3.8) is 0 Å². The van der Waals surface area contributed by atoms with Crippen LogP contribution in [-0.2, 0) is 17.1 Å². The molecular weight excluding hydrogens is 420 g/mol. The summed E-state index contributed by atoms with van der Waals surface area (Å²) < 4.78 is 28.4. The Morgan fingerprint density at radius 1 is 1.00 bits per heavy atom. The van der Waals surface area contributed by atoms with E-state index in [1.165, 1.54) is 27.2 Å². The van der Waals surface area contributed by atoms with Gasteiger partial charge >= 0.3 is 0 Å². The zero-order valence-electron chi connectivity index (χ0n) is 18.0. The van der Waals surface area contributed by atoms with Gasteiger partial charge in [0.2, 0.25) is 10.0 Å². The van der Waals surface area contributed by atoms with Crippen LogP contribution in [0.1, 0.15) is 34.7 Å². The van der Waals surface area contributed by atoms with Gasteiger partial charge in [0.25, 0.3) is 11.8 Å². The highest BCUT2D eigenvalue weighted by molar-refractivity contribution is 7.89. The fraction of sp³-hybridized carbons (Fsp3) is 0.429. The topological polar surface area (TPSA) is 103 Å². The van der Waals surface area contributed by atoms with Gasteiger partial charge in [-0.1, -0.05) is 26.0 Å². The molecule has 1 aliphatic heterocycles. The second-order valence-corrected chi connectivity index (χ2v) is 9.30. The number of hydrogen-bond acceptors (Lipinski definition) is 5. The predicted molar refractivity (Wildman–Crippen MR) is 115 cm³/mol. The van der Waals surface area contributed by atoms with E-state index in [1.807, 2.05) is 0 Å². The number of nitrogens with zero attached hydrogens (tertiary/aromatic N) is 4. The maximum atomic E-state index is 13.0. The molecule has 1 aromatic heterocycles. The summed E-state index contributed by atoms with van der Waals surface area (Å²) in [6, 6.07) is 7.78. The lowest BCUT2D eigenvalue weighted by atomic mass is 10.1. The van der Waals surface area contributed by atoms with Crippen molar-refractivity contribution in [2.75, 3.05) is 39.3 Å². The summed E-state index contributed by atoms with van der Waals surface area (Å²) in [6.45, 7) is 5.54. The Morgan fingerprint density at radius 2 is 1.55 bits per heavy atom. The lowest BCUT2D eigenvalue weighted by molar-refractivity contribution is 0.0528. The Labute approximate surface area is 182 Å². The Morgan fingerprint density at radius 3 is 2.10 bits per heavy atom. The number of amides is 2. The Hall–Kier alpha value is -2.85. The fourth-order valence-electron chi connectivity index (χ4n) is 3.70. The van der Waals surface area contributed by atoms with Crippen molar-refractivity contribution in [2.45, 2.75) is 18.7 Å². The van der Waals surface area contributed by atoms with Gasteiger partial charge in [-0.05, 0) is 18.2 Å². The largest absolute Gasteiger partial charge is 0.507 e. The Bertz CT molecular complexity index is 1070. The zero-order valence-corrected chi connectivity index (χ0v) is 18.8. The van der Waals surface area contributed by atoms with Gasteiger partial charge in [0, 0.05) is 52.5 Å². The van der Waals surface area contributed by atoms with E-state index in [0.29, 0.717) is 39.3 Å². The maximum Gasteiger partial charge on any atom is 0.270 e. The smallest absolute Gasteiger partial charge is 0.270 e. The van der Waals surface area contributed by atoms with E-state index in [-0.39, 0.29) is 33.7 Å². The van der Waals surface area contributed by atoms with Crippen LogP contribution in [0.3, 0.4) is 0 Å². The predicted octanol–water partition coefficient (Wildman–Crippen LogP) is 1.36. The molecule has 3 rings (SSSR count). The van der Waals surface area contributed by atoms with E-state index in [4.69, 9.17) is 0 Å². The van der Waals surface area contributed by atoms with Crippen LogP contribution in [0.2, 0.25) is 0 Å². The van der Waals surface area contributed by atoms with Gasteiger partial charge in [-0.25, -0.2) is 8.42 Å². The van der Waals surface area contributed by atoms with E-state index in [1.54, 1.807) is 48.9 Å². The Balaban J connectivity index is 1.71. The van der Waals surface area contributed by atoms with Crippen molar-refractivity contribution in [1.29, 1.82) is 0 Å². The third-order valence-corrected chi connectivity index (χ3v) is 7.55. The molecule has 0 unspecified atom stereocenters. The molecule has 2 heterocycles. The fourth-order valence-corrected chi connectivity index (χ4v) is 5.23. The molecule has 0 bridgehead atoms. The zero-order chi connectivity index (χ0) is 22.8. The van der Waals surface area contributed by atoms with Gasteiger partial charge in [0.15, 0.2) is 0 Å². The molecule has 0 aliphatic carbocycles. The molecule has 0 radical (unpaired) electrons. The van der Waals surface area contributed by atoms with Gasteiger partial charge in [0.05, 0.1) is 5.56 Å². The van der Waals surface area contributed by atoms with E-state index in [2.05, 4.69) is 0 Å². The third kappa shape index (κ3) is 4.45. The number of carbonyl (C=O) groups excluding carboxylic acids is 2. The third-order valence-electron chi connectivity index (χ3n) is 5.53. The van der Waals surface area contributed by atoms with Crippen molar-refractivity contribution in [3.05, 3.63) is 47.8 Å². The minimum atomic E-state index is -3.66. The number of piperazine rings is 1. The normalized spacial score (nSPS) is 14.8. The van der Waals surface area contributed by atoms with Gasteiger partial charge in [-0.2, -0.15) is 4.31 Å². The molecule has 10 heteroatoms.